The van der Waals surface area contributed by atoms with Crippen molar-refractivity contribution in [2.24, 2.45) is 0 Å². The van der Waals surface area contributed by atoms with Gasteiger partial charge in [0.25, 0.3) is 11.8 Å². The molecule has 0 aliphatic carbocycles. The first-order chi connectivity index (χ1) is 17.9. The number of hydrogen-bond acceptors (Lipinski definition) is 2. The van der Waals surface area contributed by atoms with Gasteiger partial charge in [-0.2, -0.15) is 26.3 Å². The summed E-state index contributed by atoms with van der Waals surface area (Å²) in [5.41, 5.74) is -9.57. The first-order valence-electron chi connectivity index (χ1n) is 10.7. The van der Waals surface area contributed by atoms with Gasteiger partial charge in [-0.25, -0.2) is 13.2 Å². The van der Waals surface area contributed by atoms with Crippen molar-refractivity contribution < 1.29 is 49.1 Å². The number of halogens is 10. The summed E-state index contributed by atoms with van der Waals surface area (Å²) in [7, 11) is 1.14. The maximum absolute atomic E-state index is 15.3. The molecule has 3 aromatic carbocycles. The van der Waals surface area contributed by atoms with Gasteiger partial charge >= 0.3 is 12.4 Å². The number of nitrogens with zero attached hydrogens (tertiary/aromatic N) is 1. The van der Waals surface area contributed by atoms with Crippen molar-refractivity contribution in [2.75, 3.05) is 17.3 Å². The first-order valence-corrected chi connectivity index (χ1v) is 11.7. The number of amides is 2. The fourth-order valence-electron chi connectivity index (χ4n) is 3.42. The van der Waals surface area contributed by atoms with Crippen LogP contribution >= 0.6 is 22.6 Å². The van der Waals surface area contributed by atoms with E-state index in [4.69, 9.17) is 0 Å². The molecule has 39 heavy (non-hydrogen) atoms. The van der Waals surface area contributed by atoms with E-state index in [1.54, 1.807) is 0 Å². The second kappa shape index (κ2) is 10.7. The van der Waals surface area contributed by atoms with Gasteiger partial charge in [-0.15, -0.1) is 0 Å². The molecule has 208 valence electrons. The van der Waals surface area contributed by atoms with Crippen molar-refractivity contribution in [1.29, 1.82) is 0 Å². The van der Waals surface area contributed by atoms with Crippen molar-refractivity contribution in [3.05, 3.63) is 92.1 Å². The van der Waals surface area contributed by atoms with E-state index in [0.29, 0.717) is 6.07 Å². The minimum absolute atomic E-state index is 0.0312. The molecule has 0 heterocycles. The summed E-state index contributed by atoms with van der Waals surface area (Å²) >= 11 is 1.19. The lowest BCUT2D eigenvalue weighted by Crippen LogP contribution is -2.35. The molecule has 1 N–H and O–H groups in total. The molecular weight excluding hydrogens is 658 g/mol. The molecule has 1 atom stereocenters. The average molecular weight is 674 g/mol. The molecule has 14 heteroatoms. The van der Waals surface area contributed by atoms with E-state index in [2.05, 4.69) is 0 Å². The SMILES string of the molecule is CN(C(=O)c1ccc(F)cc1)c1cccc(C(=O)Nc2c(I)cc(C(C)(F)C(F)(F)F)cc2C(F)(F)F)c1F. The third-order valence-electron chi connectivity index (χ3n) is 5.69. The molecule has 3 rings (SSSR count). The molecule has 1 unspecified atom stereocenters. The fourth-order valence-corrected chi connectivity index (χ4v) is 4.18. The van der Waals surface area contributed by atoms with Crippen molar-refractivity contribution in [3.8, 4) is 0 Å². The van der Waals surface area contributed by atoms with E-state index in [0.717, 1.165) is 54.4 Å². The van der Waals surface area contributed by atoms with E-state index in [1.165, 1.54) is 22.6 Å². The van der Waals surface area contributed by atoms with Crippen LogP contribution in [0.1, 0.15) is 38.8 Å². The molecule has 0 aliphatic rings. The average Bonchev–Trinajstić information content (AvgIpc) is 2.83. The van der Waals surface area contributed by atoms with Gasteiger partial charge in [0.05, 0.1) is 22.5 Å². The number of benzene rings is 3. The summed E-state index contributed by atoms with van der Waals surface area (Å²) in [5, 5.41) is 1.84. The van der Waals surface area contributed by atoms with Crippen molar-refractivity contribution in [3.63, 3.8) is 0 Å². The number of nitrogens with one attached hydrogen (secondary N) is 1. The van der Waals surface area contributed by atoms with Crippen LogP contribution < -0.4 is 10.2 Å². The number of rotatable bonds is 5. The minimum atomic E-state index is -5.54. The van der Waals surface area contributed by atoms with Crippen molar-refractivity contribution >= 4 is 45.8 Å². The van der Waals surface area contributed by atoms with Gasteiger partial charge in [-0.3, -0.25) is 9.59 Å². The highest BCUT2D eigenvalue weighted by atomic mass is 127. The van der Waals surface area contributed by atoms with E-state index in [-0.39, 0.29) is 18.6 Å². The number of carbonyl (C=O) groups excluding carboxylic acids is 2. The lowest BCUT2D eigenvalue weighted by Gasteiger charge is -2.26. The normalized spacial score (nSPS) is 13.5. The Morgan fingerprint density at radius 1 is 0.897 bits per heavy atom. The second-order valence-electron chi connectivity index (χ2n) is 8.34. The number of hydrogen-bond donors (Lipinski definition) is 1. The second-order valence-corrected chi connectivity index (χ2v) is 9.51. The predicted octanol–water partition coefficient (Wildman–Crippen LogP) is 7.86. The summed E-state index contributed by atoms with van der Waals surface area (Å²) in [5.74, 6) is -4.15. The van der Waals surface area contributed by atoms with Crippen LogP contribution in [0.2, 0.25) is 0 Å². The number of alkyl halides is 7. The zero-order valence-electron chi connectivity index (χ0n) is 19.7. The van der Waals surface area contributed by atoms with Gasteiger partial charge in [-0.1, -0.05) is 6.07 Å². The summed E-state index contributed by atoms with van der Waals surface area (Å²) in [4.78, 5) is 26.3. The summed E-state index contributed by atoms with van der Waals surface area (Å²) in [6.07, 6.45) is -10.9. The molecule has 3 aromatic rings. The van der Waals surface area contributed by atoms with Crippen LogP contribution in [-0.2, 0) is 11.8 Å². The zero-order valence-corrected chi connectivity index (χ0v) is 21.9. The standard InChI is InChI=1S/C25H16F9IN2O2/c1-23(28,25(32,33)34)13-10-16(24(29,30)31)20(17(35)11-13)36-21(38)15-4-3-5-18(19(15)27)37(2)22(39)12-6-8-14(26)9-7-12/h3-11H,1-2H3,(H,36,38). The maximum atomic E-state index is 15.3. The molecule has 0 radical (unpaired) electrons. The Balaban J connectivity index is 2.01. The Kier molecular flexibility index (Phi) is 8.29. The summed E-state index contributed by atoms with van der Waals surface area (Å²) in [6.45, 7) is 0.0570. The van der Waals surface area contributed by atoms with E-state index >= 15 is 4.39 Å². The van der Waals surface area contributed by atoms with Crippen LogP contribution in [0, 0.1) is 15.2 Å². The summed E-state index contributed by atoms with van der Waals surface area (Å²) < 4.78 is 123. The Morgan fingerprint density at radius 2 is 1.49 bits per heavy atom. The largest absolute Gasteiger partial charge is 0.426 e. The molecule has 0 aliphatic heterocycles. The molecule has 2 amide bonds. The Hall–Kier alpha value is -3.30. The van der Waals surface area contributed by atoms with Crippen LogP contribution in [0.3, 0.4) is 0 Å². The van der Waals surface area contributed by atoms with Gasteiger partial charge in [0.15, 0.2) is 5.82 Å². The van der Waals surface area contributed by atoms with Crippen molar-refractivity contribution in [1.82, 2.24) is 0 Å². The molecule has 4 nitrogen and oxygen atoms in total. The predicted molar refractivity (Wildman–Crippen MR) is 132 cm³/mol. The quantitative estimate of drug-likeness (QED) is 0.222. The molecule has 0 saturated heterocycles. The highest BCUT2D eigenvalue weighted by Gasteiger charge is 2.54. The monoisotopic (exact) mass is 674 g/mol. The van der Waals surface area contributed by atoms with Crippen LogP contribution in [0.4, 0.5) is 50.9 Å². The number of carbonyl (C=O) groups is 2. The third-order valence-corrected chi connectivity index (χ3v) is 6.54. The van der Waals surface area contributed by atoms with Gasteiger partial charge in [0.1, 0.15) is 5.82 Å². The fraction of sp³-hybridized carbons (Fsp3) is 0.200. The maximum Gasteiger partial charge on any atom is 0.426 e. The molecular formula is C25H16F9IN2O2. The van der Waals surface area contributed by atoms with Gasteiger partial charge in [0, 0.05) is 16.2 Å². The van der Waals surface area contributed by atoms with Crippen LogP contribution in [0.5, 0.6) is 0 Å². The Bertz CT molecular complexity index is 1420. The van der Waals surface area contributed by atoms with Crippen molar-refractivity contribution in [2.45, 2.75) is 24.9 Å². The van der Waals surface area contributed by atoms with E-state index < -0.39 is 73.1 Å². The molecule has 0 fully saturated rings. The first kappa shape index (κ1) is 30.2. The molecule has 0 aromatic heterocycles. The van der Waals surface area contributed by atoms with E-state index in [1.807, 2.05) is 5.32 Å². The Labute approximate surface area is 228 Å². The lowest BCUT2D eigenvalue weighted by molar-refractivity contribution is -0.228. The smallest absolute Gasteiger partial charge is 0.320 e. The van der Waals surface area contributed by atoms with Gasteiger partial charge in [-0.05, 0) is 83.6 Å². The van der Waals surface area contributed by atoms with Gasteiger partial charge < -0.3 is 10.2 Å². The summed E-state index contributed by atoms with van der Waals surface area (Å²) in [6, 6.07) is 7.81. The molecule has 0 spiro atoms. The van der Waals surface area contributed by atoms with Crippen LogP contribution in [-0.4, -0.2) is 25.0 Å². The Morgan fingerprint density at radius 3 is 2.03 bits per heavy atom. The van der Waals surface area contributed by atoms with E-state index in [9.17, 15) is 44.7 Å². The molecule has 0 bridgehead atoms. The van der Waals surface area contributed by atoms with Crippen LogP contribution in [0.25, 0.3) is 0 Å². The highest BCUT2D eigenvalue weighted by Crippen LogP contribution is 2.46. The van der Waals surface area contributed by atoms with Gasteiger partial charge in [0.2, 0.25) is 5.67 Å². The third kappa shape index (κ3) is 6.15. The highest BCUT2D eigenvalue weighted by molar-refractivity contribution is 14.1. The topological polar surface area (TPSA) is 49.4 Å². The number of anilines is 2. The van der Waals surface area contributed by atoms with Crippen LogP contribution in [0.15, 0.2) is 54.6 Å². The molecule has 0 saturated carbocycles. The minimum Gasteiger partial charge on any atom is -0.320 e. The lowest BCUT2D eigenvalue weighted by atomic mass is 9.94. The zero-order chi connectivity index (χ0) is 29.5.